The molecule has 1 rings (SSSR count). The van der Waals surface area contributed by atoms with E-state index in [1.54, 1.807) is 0 Å². The van der Waals surface area contributed by atoms with Gasteiger partial charge >= 0.3 is 8.74 Å². The molecule has 0 atom stereocenters. The Morgan fingerprint density at radius 3 is 1.55 bits per heavy atom. The molecule has 0 aliphatic rings. The van der Waals surface area contributed by atoms with E-state index in [0.29, 0.717) is 0 Å². The first-order chi connectivity index (χ1) is 9.47. The van der Waals surface area contributed by atoms with Gasteiger partial charge in [-0.15, -0.1) is 0 Å². The summed E-state index contributed by atoms with van der Waals surface area (Å²) in [5, 5.41) is 0. The minimum atomic E-state index is -1.24. The summed E-state index contributed by atoms with van der Waals surface area (Å²) in [7, 11) is -3.27. The Kier molecular flexibility index (Phi) is 5.29. The lowest BCUT2D eigenvalue weighted by molar-refractivity contribution is -0.707. The van der Waals surface area contributed by atoms with E-state index in [1.807, 2.05) is 0 Å². The number of aromatic nitrogens is 2. The average molecular weight is 356 g/mol. The summed E-state index contributed by atoms with van der Waals surface area (Å²) in [6.07, 6.45) is 4.79. The van der Waals surface area contributed by atoms with Gasteiger partial charge in [-0.05, 0) is 41.5 Å². The van der Waals surface area contributed by atoms with E-state index in [-0.39, 0.29) is 11.1 Å². The molecule has 0 spiro atoms. The van der Waals surface area contributed by atoms with E-state index in [1.165, 1.54) is 0 Å². The van der Waals surface area contributed by atoms with Gasteiger partial charge in [0.15, 0.2) is 0 Å². The molecule has 0 N–H and O–H groups in total. The van der Waals surface area contributed by atoms with E-state index >= 15 is 0 Å². The molecule has 2 nitrogen and oxygen atoms in total. The highest BCUT2D eigenvalue weighted by Gasteiger charge is 2.50. The van der Waals surface area contributed by atoms with Gasteiger partial charge in [-0.2, -0.15) is 0 Å². The van der Waals surface area contributed by atoms with Crippen molar-refractivity contribution in [2.75, 3.05) is 0 Å². The van der Waals surface area contributed by atoms with Gasteiger partial charge in [-0.25, -0.2) is 0 Å². The molecular formula is C17H39N2Si3+. The molecule has 1 aromatic heterocycles. The molecule has 0 amide bonds. The van der Waals surface area contributed by atoms with Crippen molar-refractivity contribution in [1.29, 1.82) is 0 Å². The molecule has 0 saturated carbocycles. The largest absolute Gasteiger partial charge is 0.472 e. The Morgan fingerprint density at radius 1 is 0.864 bits per heavy atom. The van der Waals surface area contributed by atoms with Crippen LogP contribution in [0.25, 0.3) is 0 Å². The summed E-state index contributed by atoms with van der Waals surface area (Å²) >= 11 is 0. The molecule has 0 radical (unpaired) electrons. The van der Waals surface area contributed by atoms with Crippen LogP contribution in [-0.4, -0.2) is 29.1 Å². The predicted octanol–water partition coefficient (Wildman–Crippen LogP) is 4.61. The zero-order valence-corrected chi connectivity index (χ0v) is 20.1. The van der Waals surface area contributed by atoms with E-state index in [4.69, 9.17) is 0 Å². The van der Waals surface area contributed by atoms with Crippen molar-refractivity contribution in [3.05, 3.63) is 12.4 Å². The van der Waals surface area contributed by atoms with Crippen LogP contribution in [0.3, 0.4) is 0 Å². The van der Waals surface area contributed by atoms with Gasteiger partial charge in [-0.3, -0.25) is 8.44 Å². The molecule has 0 aliphatic heterocycles. The smallest absolute Gasteiger partial charge is 0.287 e. The molecule has 0 fully saturated rings. The molecule has 128 valence electrons. The first-order valence-corrected chi connectivity index (χ1v) is 17.2. The number of rotatable bonds is 3. The summed E-state index contributed by atoms with van der Waals surface area (Å²) in [6, 6.07) is 0. The second-order valence-corrected chi connectivity index (χ2v) is 25.5. The minimum absolute atomic E-state index is 0.211. The van der Waals surface area contributed by atoms with Gasteiger partial charge in [0, 0.05) is 4.79 Å². The van der Waals surface area contributed by atoms with Gasteiger partial charge < -0.3 is 0 Å². The van der Waals surface area contributed by atoms with Crippen LogP contribution in [0.4, 0.5) is 0 Å². The van der Waals surface area contributed by atoms with Crippen molar-refractivity contribution < 1.29 is 4.22 Å². The normalized spacial score (nSPS) is 14.8. The van der Waals surface area contributed by atoms with Crippen LogP contribution in [0.1, 0.15) is 46.3 Å². The van der Waals surface area contributed by atoms with Gasteiger partial charge in [0.25, 0.3) is 0 Å². The van der Waals surface area contributed by atoms with E-state index in [0.717, 1.165) is 4.79 Å². The van der Waals surface area contributed by atoms with Crippen LogP contribution >= 0.6 is 0 Å². The highest BCUT2D eigenvalue weighted by molar-refractivity contribution is 7.03. The lowest BCUT2D eigenvalue weighted by Crippen LogP contribution is -2.66. The molecule has 0 unspecified atom stereocenters. The van der Waals surface area contributed by atoms with Gasteiger partial charge in [0.2, 0.25) is 0 Å². The van der Waals surface area contributed by atoms with Crippen molar-refractivity contribution in [1.82, 2.24) is 4.22 Å². The molecular weight excluding hydrogens is 316 g/mol. The summed E-state index contributed by atoms with van der Waals surface area (Å²) in [5.41, 5.74) is 0.421. The standard InChI is InChI=1S/C17H39N2Si3/c1-16(2,3)18-13-14-19(17(4,5)6)20(18)15(21(7,8)9)22(10,11)12/h13-15H,1-12H3/q+1. The monoisotopic (exact) mass is 355 g/mol. The summed E-state index contributed by atoms with van der Waals surface area (Å²) < 4.78 is 5.48. The fourth-order valence-corrected chi connectivity index (χ4v) is 24.7. The van der Waals surface area contributed by atoms with Crippen LogP contribution in [-0.2, 0) is 11.1 Å². The topological polar surface area (TPSA) is 8.81 Å². The predicted molar refractivity (Wildman–Crippen MR) is 106 cm³/mol. The van der Waals surface area contributed by atoms with E-state index in [2.05, 4.69) is 102 Å². The van der Waals surface area contributed by atoms with Crippen LogP contribution in [0.2, 0.25) is 39.3 Å². The Morgan fingerprint density at radius 2 is 1.27 bits per heavy atom. The Bertz CT molecular complexity index is 475. The van der Waals surface area contributed by atoms with Crippen molar-refractivity contribution in [2.24, 2.45) is 0 Å². The number of hydrogen-bond donors (Lipinski definition) is 0. The van der Waals surface area contributed by atoms with E-state index in [9.17, 15) is 0 Å². The first kappa shape index (κ1) is 20.0. The quantitative estimate of drug-likeness (QED) is 0.700. The Balaban J connectivity index is 3.77. The molecule has 0 saturated heterocycles. The van der Waals surface area contributed by atoms with Crippen LogP contribution in [0.5, 0.6) is 0 Å². The third-order valence-electron chi connectivity index (χ3n) is 4.29. The first-order valence-electron chi connectivity index (χ1n) is 8.61. The minimum Gasteiger partial charge on any atom is -0.287 e. The van der Waals surface area contributed by atoms with Crippen molar-refractivity contribution >= 4 is 24.9 Å². The number of hydrogen-bond acceptors (Lipinski definition) is 0. The Labute approximate surface area is 142 Å². The summed E-state index contributed by atoms with van der Waals surface area (Å²) in [4.78, 5) is 0.929. The van der Waals surface area contributed by atoms with Gasteiger partial charge in [-0.1, -0.05) is 39.3 Å². The third-order valence-corrected chi connectivity index (χ3v) is 22.8. The SMILES string of the molecule is CC(C)(C)n1cc[n+](C(C)(C)C)[si]1C([Si](C)(C)C)[Si](C)(C)C. The highest BCUT2D eigenvalue weighted by Crippen LogP contribution is 2.31. The second kappa shape index (κ2) is 5.81. The maximum atomic E-state index is 2.74. The van der Waals surface area contributed by atoms with Crippen molar-refractivity contribution in [2.45, 2.75) is 96.7 Å². The van der Waals surface area contributed by atoms with E-state index < -0.39 is 24.9 Å². The van der Waals surface area contributed by atoms with Crippen LogP contribution in [0.15, 0.2) is 12.4 Å². The molecule has 22 heavy (non-hydrogen) atoms. The molecule has 0 aromatic carbocycles. The fourth-order valence-electron chi connectivity index (χ4n) is 3.89. The van der Waals surface area contributed by atoms with Gasteiger partial charge in [0.05, 0.1) is 27.2 Å². The zero-order chi connectivity index (χ0) is 17.7. The molecule has 0 aliphatic carbocycles. The maximum Gasteiger partial charge on any atom is 0.472 e. The average Bonchev–Trinajstić information content (AvgIpc) is 2.54. The van der Waals surface area contributed by atoms with Crippen LogP contribution in [0, 0.1) is 0 Å². The molecule has 0 bridgehead atoms. The Hall–Kier alpha value is -0.00935. The maximum absolute atomic E-state index is 2.74. The van der Waals surface area contributed by atoms with Gasteiger partial charge in [0.1, 0.15) is 12.4 Å². The molecule has 1 aromatic rings. The summed E-state index contributed by atoms with van der Waals surface area (Å²) in [5.74, 6) is 0. The molecule has 1 heterocycles. The second-order valence-electron chi connectivity index (χ2n) is 10.9. The lowest BCUT2D eigenvalue weighted by atomic mass is 10.1. The lowest BCUT2D eigenvalue weighted by Gasteiger charge is -2.37. The number of nitrogens with zero attached hydrogens (tertiary/aromatic N) is 2. The summed E-state index contributed by atoms with van der Waals surface area (Å²) in [6.45, 7) is 29.8. The highest BCUT2D eigenvalue weighted by atomic mass is 28.4. The zero-order valence-electron chi connectivity index (χ0n) is 17.1. The van der Waals surface area contributed by atoms with Crippen molar-refractivity contribution in [3.8, 4) is 0 Å². The van der Waals surface area contributed by atoms with Crippen LogP contribution < -0.4 is 4.22 Å². The molecule has 5 heteroatoms. The third kappa shape index (κ3) is 4.29. The van der Waals surface area contributed by atoms with Crippen molar-refractivity contribution in [3.63, 3.8) is 0 Å². The fraction of sp³-hybridized carbons (Fsp3) is 0.882.